The third-order valence-corrected chi connectivity index (χ3v) is 1.82. The Bertz CT molecular complexity index is 233. The number of rotatable bonds is 4. The number of nitrogens with zero attached hydrogens (tertiary/aromatic N) is 1. The molecule has 0 heterocycles. The molecule has 5 nitrogen and oxygen atoms in total. The minimum absolute atomic E-state index is 0.0321. The van der Waals surface area contributed by atoms with Crippen LogP contribution in [0.15, 0.2) is 0 Å². The number of hydrogen-bond acceptors (Lipinski definition) is 4. The largest absolute Gasteiger partial charge is 0.442 e. The van der Waals surface area contributed by atoms with E-state index in [-0.39, 0.29) is 13.2 Å². The van der Waals surface area contributed by atoms with E-state index in [1.54, 1.807) is 20.8 Å². The molecule has 16 heavy (non-hydrogen) atoms. The van der Waals surface area contributed by atoms with Crippen molar-refractivity contribution in [2.75, 3.05) is 20.3 Å². The topological polar surface area (TPSA) is 59.0 Å². The monoisotopic (exact) mass is 233 g/mol. The molecular weight excluding hydrogens is 210 g/mol. The lowest BCUT2D eigenvalue weighted by Crippen LogP contribution is -2.42. The zero-order chi connectivity index (χ0) is 13.0. The van der Waals surface area contributed by atoms with Gasteiger partial charge in [0.15, 0.2) is 0 Å². The minimum Gasteiger partial charge on any atom is -0.442 e. The summed E-state index contributed by atoms with van der Waals surface area (Å²) in [7, 11) is 1.40. The highest BCUT2D eigenvalue weighted by Gasteiger charge is 2.28. The molecule has 0 aromatic carbocycles. The standard InChI is InChI=1S/C11H23NO4/c1-10(2,3)16-9(14)12(15-6)7-11(4,5)8-13/h13H,7-8H2,1-6H3. The minimum atomic E-state index is -0.558. The number of ether oxygens (including phenoxy) is 1. The van der Waals surface area contributed by atoms with Gasteiger partial charge in [-0.1, -0.05) is 13.8 Å². The van der Waals surface area contributed by atoms with Crippen molar-refractivity contribution in [2.24, 2.45) is 5.41 Å². The van der Waals surface area contributed by atoms with E-state index >= 15 is 0 Å². The van der Waals surface area contributed by atoms with Gasteiger partial charge < -0.3 is 9.84 Å². The van der Waals surface area contributed by atoms with E-state index in [1.807, 2.05) is 13.8 Å². The second-order valence-corrected chi connectivity index (χ2v) is 5.52. The Hall–Kier alpha value is -0.810. The number of carbonyl (C=O) groups excluding carboxylic acids is 1. The van der Waals surface area contributed by atoms with Crippen LogP contribution in [0.2, 0.25) is 0 Å². The van der Waals surface area contributed by atoms with Crippen LogP contribution in [0.1, 0.15) is 34.6 Å². The van der Waals surface area contributed by atoms with Crippen LogP contribution in [-0.4, -0.2) is 42.1 Å². The van der Waals surface area contributed by atoms with Gasteiger partial charge in [0.2, 0.25) is 0 Å². The summed E-state index contributed by atoms with van der Waals surface area (Å²) in [4.78, 5) is 16.6. The van der Waals surface area contributed by atoms with Crippen LogP contribution in [-0.2, 0) is 9.57 Å². The fraction of sp³-hybridized carbons (Fsp3) is 0.909. The second-order valence-electron chi connectivity index (χ2n) is 5.52. The van der Waals surface area contributed by atoms with Crippen LogP contribution in [0, 0.1) is 5.41 Å². The maximum atomic E-state index is 11.7. The summed E-state index contributed by atoms with van der Waals surface area (Å²) in [5.41, 5.74) is -0.982. The first-order chi connectivity index (χ1) is 7.11. The smallest absolute Gasteiger partial charge is 0.434 e. The van der Waals surface area contributed by atoms with Crippen molar-refractivity contribution in [3.63, 3.8) is 0 Å². The predicted molar refractivity (Wildman–Crippen MR) is 60.8 cm³/mol. The van der Waals surface area contributed by atoms with Gasteiger partial charge in [0.05, 0.1) is 13.7 Å². The lowest BCUT2D eigenvalue weighted by atomic mass is 9.95. The SMILES string of the molecule is CON(CC(C)(C)CO)C(=O)OC(C)(C)C. The molecule has 1 amide bonds. The van der Waals surface area contributed by atoms with E-state index in [4.69, 9.17) is 14.7 Å². The third kappa shape index (κ3) is 5.92. The molecule has 0 aliphatic rings. The zero-order valence-corrected chi connectivity index (χ0v) is 11.0. The summed E-state index contributed by atoms with van der Waals surface area (Å²) in [5.74, 6) is 0. The van der Waals surface area contributed by atoms with Crippen molar-refractivity contribution in [1.82, 2.24) is 5.06 Å². The molecule has 0 aliphatic carbocycles. The third-order valence-electron chi connectivity index (χ3n) is 1.82. The molecular formula is C11H23NO4. The van der Waals surface area contributed by atoms with Crippen LogP contribution >= 0.6 is 0 Å². The van der Waals surface area contributed by atoms with Gasteiger partial charge in [-0.3, -0.25) is 4.84 Å². The predicted octanol–water partition coefficient (Wildman–Crippen LogP) is 1.80. The fourth-order valence-corrected chi connectivity index (χ4v) is 0.955. The number of carbonyl (C=O) groups is 1. The van der Waals surface area contributed by atoms with Gasteiger partial charge in [-0.15, -0.1) is 0 Å². The van der Waals surface area contributed by atoms with Gasteiger partial charge in [0.1, 0.15) is 5.60 Å². The molecule has 0 radical (unpaired) electrons. The van der Waals surface area contributed by atoms with Crippen molar-refractivity contribution >= 4 is 6.09 Å². The Balaban J connectivity index is 4.45. The van der Waals surface area contributed by atoms with E-state index in [0.29, 0.717) is 0 Å². The van der Waals surface area contributed by atoms with Crippen molar-refractivity contribution in [3.8, 4) is 0 Å². The van der Waals surface area contributed by atoms with Crippen LogP contribution < -0.4 is 0 Å². The normalized spacial score (nSPS) is 12.4. The Morgan fingerprint density at radius 2 is 1.75 bits per heavy atom. The average molecular weight is 233 g/mol. The van der Waals surface area contributed by atoms with E-state index in [0.717, 1.165) is 5.06 Å². The molecule has 0 saturated carbocycles. The van der Waals surface area contributed by atoms with Crippen molar-refractivity contribution in [3.05, 3.63) is 0 Å². The second kappa shape index (κ2) is 5.50. The first kappa shape index (κ1) is 15.2. The molecule has 0 bridgehead atoms. The Labute approximate surface area is 97.3 Å². The van der Waals surface area contributed by atoms with Gasteiger partial charge >= 0.3 is 6.09 Å². The van der Waals surface area contributed by atoms with E-state index in [2.05, 4.69) is 0 Å². The number of aliphatic hydroxyl groups excluding tert-OH is 1. The number of aliphatic hydroxyl groups is 1. The van der Waals surface area contributed by atoms with Crippen molar-refractivity contribution in [2.45, 2.75) is 40.2 Å². The average Bonchev–Trinajstić information content (AvgIpc) is 2.11. The molecule has 0 saturated heterocycles. The maximum Gasteiger partial charge on any atom is 0.434 e. The highest BCUT2D eigenvalue weighted by Crippen LogP contribution is 2.18. The Kier molecular flexibility index (Phi) is 5.22. The van der Waals surface area contributed by atoms with Crippen LogP contribution in [0.25, 0.3) is 0 Å². The first-order valence-corrected chi connectivity index (χ1v) is 5.27. The highest BCUT2D eigenvalue weighted by molar-refractivity contribution is 5.66. The Morgan fingerprint density at radius 3 is 2.06 bits per heavy atom. The zero-order valence-electron chi connectivity index (χ0n) is 11.0. The summed E-state index contributed by atoms with van der Waals surface area (Å²) in [5, 5.41) is 10.2. The van der Waals surface area contributed by atoms with Crippen molar-refractivity contribution in [1.29, 1.82) is 0 Å². The number of hydrogen-bond donors (Lipinski definition) is 1. The summed E-state index contributed by atoms with van der Waals surface area (Å²) < 4.78 is 5.16. The summed E-state index contributed by atoms with van der Waals surface area (Å²) in [6.45, 7) is 9.28. The highest BCUT2D eigenvalue weighted by atomic mass is 16.7. The summed E-state index contributed by atoms with van der Waals surface area (Å²) >= 11 is 0. The first-order valence-electron chi connectivity index (χ1n) is 5.27. The molecule has 0 atom stereocenters. The van der Waals surface area contributed by atoms with Crippen LogP contribution in [0.3, 0.4) is 0 Å². The summed E-state index contributed by atoms with van der Waals surface area (Å²) in [6.07, 6.45) is -0.545. The van der Waals surface area contributed by atoms with Crippen LogP contribution in [0.5, 0.6) is 0 Å². The molecule has 0 aliphatic heterocycles. The van der Waals surface area contributed by atoms with Gasteiger partial charge in [0.25, 0.3) is 0 Å². The molecule has 0 unspecified atom stereocenters. The number of hydroxylamine groups is 2. The quantitative estimate of drug-likeness (QED) is 0.752. The van der Waals surface area contributed by atoms with Gasteiger partial charge in [0, 0.05) is 12.0 Å². The molecule has 0 fully saturated rings. The molecule has 0 spiro atoms. The molecule has 1 N–H and O–H groups in total. The summed E-state index contributed by atoms with van der Waals surface area (Å²) in [6, 6.07) is 0. The van der Waals surface area contributed by atoms with Crippen molar-refractivity contribution < 1.29 is 19.5 Å². The fourth-order valence-electron chi connectivity index (χ4n) is 0.955. The van der Waals surface area contributed by atoms with Gasteiger partial charge in [-0.05, 0) is 20.8 Å². The van der Waals surface area contributed by atoms with Crippen LogP contribution in [0.4, 0.5) is 4.79 Å². The lowest BCUT2D eigenvalue weighted by molar-refractivity contribution is -0.141. The van der Waals surface area contributed by atoms with E-state index < -0.39 is 17.1 Å². The lowest BCUT2D eigenvalue weighted by Gasteiger charge is -2.31. The molecule has 5 heteroatoms. The number of amides is 1. The Morgan fingerprint density at radius 1 is 1.25 bits per heavy atom. The maximum absolute atomic E-state index is 11.7. The molecule has 0 aromatic heterocycles. The molecule has 0 aromatic rings. The molecule has 96 valence electrons. The van der Waals surface area contributed by atoms with Gasteiger partial charge in [-0.25, -0.2) is 4.79 Å². The molecule has 0 rings (SSSR count). The van der Waals surface area contributed by atoms with Gasteiger partial charge in [-0.2, -0.15) is 5.06 Å². The van der Waals surface area contributed by atoms with E-state index in [1.165, 1.54) is 7.11 Å². The van der Waals surface area contributed by atoms with E-state index in [9.17, 15) is 4.79 Å².